The van der Waals surface area contributed by atoms with E-state index < -0.39 is 11.5 Å². The number of aryl methyl sites for hydroxylation is 1. The van der Waals surface area contributed by atoms with Crippen molar-refractivity contribution < 1.29 is 23.6 Å². The summed E-state index contributed by atoms with van der Waals surface area (Å²) in [6.45, 7) is 3.10. The van der Waals surface area contributed by atoms with Gasteiger partial charge in [0.2, 0.25) is 0 Å². The van der Waals surface area contributed by atoms with Crippen LogP contribution in [-0.2, 0) is 16.6 Å². The molecule has 9 heteroatoms. The first-order chi connectivity index (χ1) is 13.1. The lowest BCUT2D eigenvalue weighted by molar-refractivity contribution is -0.671. The Kier molecular flexibility index (Phi) is 7.52. The zero-order valence-electron chi connectivity index (χ0n) is 15.6. The zero-order valence-corrected chi connectivity index (χ0v) is 17.9. The van der Waals surface area contributed by atoms with Gasteiger partial charge in [-0.05, 0) is 19.9 Å². The van der Waals surface area contributed by atoms with Crippen LogP contribution in [0.3, 0.4) is 0 Å². The van der Waals surface area contributed by atoms with E-state index in [9.17, 15) is 9.59 Å². The molecule has 0 radical (unpaired) electrons. The van der Waals surface area contributed by atoms with Crippen molar-refractivity contribution in [2.75, 3.05) is 13.2 Å². The van der Waals surface area contributed by atoms with Crippen molar-refractivity contribution in [3.63, 3.8) is 0 Å². The maximum atomic E-state index is 12.3. The van der Waals surface area contributed by atoms with Crippen LogP contribution in [0.1, 0.15) is 24.2 Å². The molecule has 2 aromatic rings. The molecule has 1 aromatic carbocycles. The number of aromatic nitrogens is 1. The van der Waals surface area contributed by atoms with Gasteiger partial charge in [0.15, 0.2) is 19.0 Å². The lowest BCUT2D eigenvalue weighted by Crippen LogP contribution is -2.47. The molecule has 0 spiro atoms. The summed E-state index contributed by atoms with van der Waals surface area (Å²) in [5.41, 5.74) is -0.262. The Hall–Kier alpha value is -2.02. The predicted octanol–water partition coefficient (Wildman–Crippen LogP) is 3.60. The average Bonchev–Trinajstić information content (AvgIpc) is 2.62. The van der Waals surface area contributed by atoms with Crippen molar-refractivity contribution >= 4 is 46.7 Å². The fraction of sp³-hybridized carbons (Fsp3) is 0.316. The normalized spacial score (nSPS) is 11.1. The molecule has 0 aliphatic carbocycles. The Labute approximate surface area is 178 Å². The van der Waals surface area contributed by atoms with Crippen LogP contribution < -0.4 is 14.6 Å². The van der Waals surface area contributed by atoms with Gasteiger partial charge in [-0.15, -0.1) is 0 Å². The third kappa shape index (κ3) is 6.55. The minimum Gasteiger partial charge on any atom is -0.480 e. The van der Waals surface area contributed by atoms with E-state index >= 15 is 0 Å². The van der Waals surface area contributed by atoms with Crippen LogP contribution in [0.2, 0.25) is 15.1 Å². The molecule has 0 fully saturated rings. The number of rotatable bonds is 7. The van der Waals surface area contributed by atoms with E-state index in [1.54, 1.807) is 38.4 Å². The van der Waals surface area contributed by atoms with Crippen LogP contribution in [0, 0.1) is 0 Å². The number of halogens is 3. The second-order valence-electron chi connectivity index (χ2n) is 6.74. The summed E-state index contributed by atoms with van der Waals surface area (Å²) in [6.07, 6.45) is 3.54. The van der Waals surface area contributed by atoms with E-state index in [1.807, 2.05) is 11.6 Å². The number of ether oxygens (including phenoxy) is 2. The Morgan fingerprint density at radius 1 is 1.07 bits per heavy atom. The summed E-state index contributed by atoms with van der Waals surface area (Å²) >= 11 is 17.7. The van der Waals surface area contributed by atoms with Crippen LogP contribution in [0.25, 0.3) is 0 Å². The van der Waals surface area contributed by atoms with Crippen molar-refractivity contribution in [2.45, 2.75) is 19.4 Å². The molecule has 0 unspecified atom stereocenters. The van der Waals surface area contributed by atoms with Crippen molar-refractivity contribution in [3.8, 4) is 5.75 Å². The smallest absolute Gasteiger partial charge is 0.344 e. The molecule has 1 heterocycles. The quantitative estimate of drug-likeness (QED) is 0.401. The fourth-order valence-electron chi connectivity index (χ4n) is 2.12. The number of benzene rings is 1. The summed E-state index contributed by atoms with van der Waals surface area (Å²) in [5, 5.41) is 3.59. The van der Waals surface area contributed by atoms with Gasteiger partial charge in [0.05, 0.1) is 26.2 Å². The standard InChI is InChI=1S/C19H19Cl3N2O4/c1-19(2,23-18(26)12-4-6-24(3)7-5-12)11-28-17(25)10-27-16-9-14(21)13(20)8-15(16)22/h4-9H,10-11H2,1-3H3/p+1. The van der Waals surface area contributed by atoms with E-state index in [2.05, 4.69) is 5.32 Å². The second-order valence-corrected chi connectivity index (χ2v) is 7.96. The van der Waals surface area contributed by atoms with Crippen LogP contribution in [0.5, 0.6) is 5.75 Å². The molecule has 0 aliphatic heterocycles. The SMILES string of the molecule is C[n+]1ccc(C(=O)NC(C)(C)COC(=O)COc2cc(Cl)c(Cl)cc2Cl)cc1. The van der Waals surface area contributed by atoms with Gasteiger partial charge < -0.3 is 14.8 Å². The maximum absolute atomic E-state index is 12.3. The topological polar surface area (TPSA) is 68.5 Å². The first kappa shape index (κ1) is 22.3. The Morgan fingerprint density at radius 3 is 2.32 bits per heavy atom. The highest BCUT2D eigenvalue weighted by molar-refractivity contribution is 6.43. The van der Waals surface area contributed by atoms with Gasteiger partial charge in [-0.1, -0.05) is 34.8 Å². The molecule has 1 amide bonds. The number of pyridine rings is 1. The predicted molar refractivity (Wildman–Crippen MR) is 107 cm³/mol. The molecule has 0 bridgehead atoms. The summed E-state index contributed by atoms with van der Waals surface area (Å²) in [6, 6.07) is 6.25. The number of carbonyl (C=O) groups is 2. The highest BCUT2D eigenvalue weighted by Gasteiger charge is 2.24. The molecule has 1 aromatic heterocycles. The Balaban J connectivity index is 1.84. The minimum atomic E-state index is -0.772. The number of carbonyl (C=O) groups excluding carboxylic acids is 2. The lowest BCUT2D eigenvalue weighted by Gasteiger charge is -2.25. The van der Waals surface area contributed by atoms with Gasteiger partial charge in [-0.25, -0.2) is 9.36 Å². The van der Waals surface area contributed by atoms with Gasteiger partial charge in [-0.3, -0.25) is 4.79 Å². The van der Waals surface area contributed by atoms with Crippen molar-refractivity contribution in [1.82, 2.24) is 5.32 Å². The number of hydrogen-bond donors (Lipinski definition) is 1. The maximum Gasteiger partial charge on any atom is 0.344 e. The van der Waals surface area contributed by atoms with Crippen molar-refractivity contribution in [1.29, 1.82) is 0 Å². The van der Waals surface area contributed by atoms with Crippen LogP contribution >= 0.6 is 34.8 Å². The molecular weight excluding hydrogens is 427 g/mol. The van der Waals surface area contributed by atoms with Gasteiger partial charge in [0.1, 0.15) is 19.4 Å². The minimum absolute atomic E-state index is 0.0311. The molecular formula is C19H20Cl3N2O4+. The first-order valence-corrected chi connectivity index (χ1v) is 9.41. The fourth-order valence-corrected chi connectivity index (χ4v) is 2.71. The van der Waals surface area contributed by atoms with Crippen LogP contribution in [0.15, 0.2) is 36.7 Å². The van der Waals surface area contributed by atoms with E-state index in [-0.39, 0.29) is 39.9 Å². The number of nitrogens with zero attached hydrogens (tertiary/aromatic N) is 1. The monoisotopic (exact) mass is 445 g/mol. The summed E-state index contributed by atoms with van der Waals surface area (Å²) < 4.78 is 12.3. The zero-order chi connectivity index (χ0) is 20.9. The number of amides is 1. The summed E-state index contributed by atoms with van der Waals surface area (Å²) in [7, 11) is 1.86. The second kappa shape index (κ2) is 9.45. The average molecular weight is 447 g/mol. The number of nitrogens with one attached hydrogen (secondary N) is 1. The molecule has 150 valence electrons. The van der Waals surface area contributed by atoms with E-state index in [4.69, 9.17) is 44.3 Å². The highest BCUT2D eigenvalue weighted by atomic mass is 35.5. The highest BCUT2D eigenvalue weighted by Crippen LogP contribution is 2.33. The lowest BCUT2D eigenvalue weighted by atomic mass is 10.1. The molecule has 1 N–H and O–H groups in total. The summed E-state index contributed by atoms with van der Waals surface area (Å²) in [5.74, 6) is -0.658. The molecule has 0 atom stereocenters. The Bertz CT molecular complexity index is 870. The van der Waals surface area contributed by atoms with Gasteiger partial charge >= 0.3 is 5.97 Å². The first-order valence-electron chi connectivity index (χ1n) is 8.28. The van der Waals surface area contributed by atoms with E-state index in [0.29, 0.717) is 5.56 Å². The van der Waals surface area contributed by atoms with E-state index in [0.717, 1.165) is 0 Å². The van der Waals surface area contributed by atoms with Gasteiger partial charge in [0, 0.05) is 18.2 Å². The van der Waals surface area contributed by atoms with E-state index in [1.165, 1.54) is 12.1 Å². The van der Waals surface area contributed by atoms with Crippen LogP contribution in [0.4, 0.5) is 0 Å². The number of esters is 1. The Morgan fingerprint density at radius 2 is 1.68 bits per heavy atom. The molecule has 0 saturated heterocycles. The third-order valence-electron chi connectivity index (χ3n) is 3.61. The third-order valence-corrected chi connectivity index (χ3v) is 4.62. The summed E-state index contributed by atoms with van der Waals surface area (Å²) in [4.78, 5) is 24.3. The molecule has 2 rings (SSSR count). The molecule has 6 nitrogen and oxygen atoms in total. The van der Waals surface area contributed by atoms with Gasteiger partial charge in [-0.2, -0.15) is 0 Å². The van der Waals surface area contributed by atoms with Gasteiger partial charge in [0.25, 0.3) is 5.91 Å². The largest absolute Gasteiger partial charge is 0.480 e. The number of hydrogen-bond acceptors (Lipinski definition) is 4. The van der Waals surface area contributed by atoms with Crippen molar-refractivity contribution in [2.24, 2.45) is 7.05 Å². The van der Waals surface area contributed by atoms with Crippen molar-refractivity contribution in [3.05, 3.63) is 57.3 Å². The molecule has 0 saturated carbocycles. The molecule has 28 heavy (non-hydrogen) atoms. The molecule has 0 aliphatic rings. The van der Waals surface area contributed by atoms with Crippen LogP contribution in [-0.4, -0.2) is 30.6 Å².